The second kappa shape index (κ2) is 9.47. The van der Waals surface area contributed by atoms with E-state index < -0.39 is 12.8 Å². The van der Waals surface area contributed by atoms with Crippen LogP contribution in [0.4, 0.5) is 18.9 Å². The molecule has 0 fully saturated rings. The predicted octanol–water partition coefficient (Wildman–Crippen LogP) is 2.81. The zero-order valence-electron chi connectivity index (χ0n) is 16.3. The second-order valence-corrected chi connectivity index (χ2v) is 6.75. The lowest BCUT2D eigenvalue weighted by atomic mass is 9.90. The Morgan fingerprint density at radius 2 is 2.07 bits per heavy atom. The quantitative estimate of drug-likeness (QED) is 0.493. The van der Waals surface area contributed by atoms with Gasteiger partial charge in [-0.3, -0.25) is 9.79 Å². The summed E-state index contributed by atoms with van der Waals surface area (Å²) in [5, 5.41) is 9.19. The Balaban J connectivity index is 1.50. The molecule has 0 bridgehead atoms. The van der Waals surface area contributed by atoms with Crippen molar-refractivity contribution in [3.05, 3.63) is 53.7 Å². The van der Waals surface area contributed by atoms with Gasteiger partial charge in [0.1, 0.15) is 0 Å². The highest BCUT2D eigenvalue weighted by molar-refractivity contribution is 5.94. The minimum atomic E-state index is -4.40. The largest absolute Gasteiger partial charge is 0.468 e. The number of carbonyl (C=O) groups is 1. The Morgan fingerprint density at radius 3 is 2.77 bits per heavy atom. The van der Waals surface area contributed by atoms with E-state index in [0.717, 1.165) is 16.8 Å². The van der Waals surface area contributed by atoms with Crippen LogP contribution in [0.25, 0.3) is 0 Å². The average Bonchev–Trinajstić information content (AvgIpc) is 2.72. The number of hydrogen-bond donors (Lipinski definition) is 3. The number of hydrogen-bond acceptors (Lipinski definition) is 4. The van der Waals surface area contributed by atoms with Crippen LogP contribution in [0, 0.1) is 0 Å². The van der Waals surface area contributed by atoms with Crippen LogP contribution in [-0.2, 0) is 11.3 Å². The normalized spacial score (nSPS) is 16.5. The number of fused-ring (bicyclic) bond motifs is 1. The van der Waals surface area contributed by atoms with Gasteiger partial charge in [0, 0.05) is 50.4 Å². The van der Waals surface area contributed by atoms with Gasteiger partial charge in [0.15, 0.2) is 12.6 Å². The number of aliphatic imine (C=N–C) groups is 1. The topological polar surface area (TPSA) is 87.6 Å². The smallest absolute Gasteiger partial charge is 0.422 e. The van der Waals surface area contributed by atoms with Gasteiger partial charge in [0.25, 0.3) is 0 Å². The molecular formula is C20H22F3N5O2. The van der Waals surface area contributed by atoms with Gasteiger partial charge < -0.3 is 20.7 Å². The van der Waals surface area contributed by atoms with Gasteiger partial charge in [0.05, 0.1) is 0 Å². The summed E-state index contributed by atoms with van der Waals surface area (Å²) < 4.78 is 41.1. The second-order valence-electron chi connectivity index (χ2n) is 6.75. The minimum Gasteiger partial charge on any atom is -0.468 e. The fourth-order valence-corrected chi connectivity index (χ4v) is 3.07. The van der Waals surface area contributed by atoms with Crippen LogP contribution in [0.5, 0.6) is 5.88 Å². The molecule has 2 heterocycles. The van der Waals surface area contributed by atoms with Gasteiger partial charge in [-0.05, 0) is 17.2 Å². The lowest BCUT2D eigenvalue weighted by Gasteiger charge is -2.26. The van der Waals surface area contributed by atoms with Crippen LogP contribution in [0.1, 0.15) is 23.5 Å². The van der Waals surface area contributed by atoms with Crippen molar-refractivity contribution in [2.24, 2.45) is 4.99 Å². The van der Waals surface area contributed by atoms with E-state index in [9.17, 15) is 18.0 Å². The van der Waals surface area contributed by atoms with E-state index in [-0.39, 0.29) is 17.7 Å². The summed E-state index contributed by atoms with van der Waals surface area (Å²) in [6, 6.07) is 10.7. The number of benzene rings is 1. The van der Waals surface area contributed by atoms with Crippen LogP contribution < -0.4 is 20.7 Å². The summed E-state index contributed by atoms with van der Waals surface area (Å²) >= 11 is 0. The number of halogens is 3. The molecular weight excluding hydrogens is 399 g/mol. The van der Waals surface area contributed by atoms with Crippen LogP contribution in [0.2, 0.25) is 0 Å². The molecule has 1 aromatic heterocycles. The fraction of sp³-hybridized carbons (Fsp3) is 0.350. The van der Waals surface area contributed by atoms with Crippen LogP contribution in [-0.4, -0.2) is 43.2 Å². The number of nitrogens with zero attached hydrogens (tertiary/aromatic N) is 2. The number of pyridine rings is 1. The number of amides is 1. The van der Waals surface area contributed by atoms with Crippen molar-refractivity contribution in [3.63, 3.8) is 0 Å². The molecule has 0 saturated heterocycles. The van der Waals surface area contributed by atoms with Gasteiger partial charge >= 0.3 is 6.18 Å². The summed E-state index contributed by atoms with van der Waals surface area (Å²) in [6.45, 7) is -0.489. The SMILES string of the molecule is CN=C(NCc1ccc(OCC(F)(F)F)nc1)NCC1CC(=O)Nc2ccccc21. The first-order valence-corrected chi connectivity index (χ1v) is 9.32. The molecule has 0 radical (unpaired) electrons. The first kappa shape index (κ1) is 21.4. The predicted molar refractivity (Wildman–Crippen MR) is 106 cm³/mol. The monoisotopic (exact) mass is 421 g/mol. The lowest BCUT2D eigenvalue weighted by molar-refractivity contribution is -0.154. The molecule has 1 aliphatic heterocycles. The van der Waals surface area contributed by atoms with Gasteiger partial charge in [-0.25, -0.2) is 4.98 Å². The van der Waals surface area contributed by atoms with E-state index in [1.54, 1.807) is 13.1 Å². The molecule has 1 aromatic carbocycles. The number of aromatic nitrogens is 1. The molecule has 0 aliphatic carbocycles. The van der Waals surface area contributed by atoms with E-state index in [1.165, 1.54) is 12.3 Å². The van der Waals surface area contributed by atoms with Crippen molar-refractivity contribution in [3.8, 4) is 5.88 Å². The van der Waals surface area contributed by atoms with Crippen molar-refractivity contribution >= 4 is 17.6 Å². The third-order valence-corrected chi connectivity index (χ3v) is 4.49. The molecule has 0 spiro atoms. The molecule has 3 N–H and O–H groups in total. The minimum absolute atomic E-state index is 0.0141. The highest BCUT2D eigenvalue weighted by Crippen LogP contribution is 2.31. The van der Waals surface area contributed by atoms with E-state index in [1.807, 2.05) is 24.3 Å². The Morgan fingerprint density at radius 1 is 1.27 bits per heavy atom. The Kier molecular flexibility index (Phi) is 6.76. The highest BCUT2D eigenvalue weighted by atomic mass is 19.4. The van der Waals surface area contributed by atoms with Gasteiger partial charge in [0.2, 0.25) is 11.8 Å². The van der Waals surface area contributed by atoms with Gasteiger partial charge in [-0.15, -0.1) is 0 Å². The van der Waals surface area contributed by atoms with E-state index in [2.05, 4.69) is 30.7 Å². The Labute approximate surface area is 171 Å². The number of rotatable bonds is 6. The molecule has 1 unspecified atom stereocenters. The van der Waals surface area contributed by atoms with Crippen molar-refractivity contribution in [1.82, 2.24) is 15.6 Å². The maximum absolute atomic E-state index is 12.2. The molecule has 3 rings (SSSR count). The molecule has 0 saturated carbocycles. The number of guanidine groups is 1. The Bertz CT molecular complexity index is 900. The maximum atomic E-state index is 12.2. The molecule has 1 amide bonds. The molecule has 1 atom stereocenters. The third kappa shape index (κ3) is 6.10. The number of anilines is 1. The Hall–Kier alpha value is -3.30. The summed E-state index contributed by atoms with van der Waals surface area (Å²) in [7, 11) is 1.63. The zero-order valence-corrected chi connectivity index (χ0v) is 16.3. The van der Waals surface area contributed by atoms with Gasteiger partial charge in [-0.2, -0.15) is 13.2 Å². The number of ether oxygens (including phenoxy) is 1. The summed E-state index contributed by atoms with van der Waals surface area (Å²) in [4.78, 5) is 20.0. The molecule has 7 nitrogen and oxygen atoms in total. The van der Waals surface area contributed by atoms with Crippen LogP contribution in [0.15, 0.2) is 47.6 Å². The van der Waals surface area contributed by atoms with Crippen molar-refractivity contribution < 1.29 is 22.7 Å². The van der Waals surface area contributed by atoms with Crippen molar-refractivity contribution in [2.45, 2.75) is 25.1 Å². The van der Waals surface area contributed by atoms with Crippen LogP contribution >= 0.6 is 0 Å². The van der Waals surface area contributed by atoms with Crippen LogP contribution in [0.3, 0.4) is 0 Å². The van der Waals surface area contributed by atoms with E-state index in [4.69, 9.17) is 0 Å². The maximum Gasteiger partial charge on any atom is 0.422 e. The van der Waals surface area contributed by atoms with E-state index in [0.29, 0.717) is 25.5 Å². The summed E-state index contributed by atoms with van der Waals surface area (Å²) in [5.74, 6) is 0.436. The molecule has 160 valence electrons. The van der Waals surface area contributed by atoms with Crippen molar-refractivity contribution in [2.75, 3.05) is 25.5 Å². The zero-order chi connectivity index (χ0) is 21.6. The van der Waals surface area contributed by atoms with Crippen molar-refractivity contribution in [1.29, 1.82) is 0 Å². The first-order valence-electron chi connectivity index (χ1n) is 9.32. The van der Waals surface area contributed by atoms with Gasteiger partial charge in [-0.1, -0.05) is 24.3 Å². The molecule has 2 aromatic rings. The fourth-order valence-electron chi connectivity index (χ4n) is 3.07. The highest BCUT2D eigenvalue weighted by Gasteiger charge is 2.28. The number of nitrogens with one attached hydrogen (secondary N) is 3. The summed E-state index contributed by atoms with van der Waals surface area (Å²) in [5.41, 5.74) is 2.64. The number of para-hydroxylation sites is 1. The summed E-state index contributed by atoms with van der Waals surface area (Å²) in [6.07, 6.45) is -2.59. The first-order chi connectivity index (χ1) is 14.3. The average molecular weight is 421 g/mol. The molecule has 1 aliphatic rings. The standard InChI is InChI=1S/C20H22F3N5O2/c1-24-19(26-10-13-6-7-18(25-9-13)30-12-20(21,22)23)27-11-14-8-17(29)28-16-5-3-2-4-15(14)16/h2-7,9,14H,8,10-12H2,1H3,(H,28,29)(H2,24,26,27). The number of carbonyl (C=O) groups excluding carboxylic acids is 1. The lowest BCUT2D eigenvalue weighted by Crippen LogP contribution is -2.40. The van der Waals surface area contributed by atoms with E-state index >= 15 is 0 Å². The number of alkyl halides is 3. The molecule has 10 heteroatoms. The third-order valence-electron chi connectivity index (χ3n) is 4.49. The molecule has 30 heavy (non-hydrogen) atoms.